The van der Waals surface area contributed by atoms with Gasteiger partial charge in [0.05, 0.1) is 0 Å². The Labute approximate surface area is 65.8 Å². The maximum absolute atomic E-state index is 11.0. The van der Waals surface area contributed by atoms with Gasteiger partial charge in [0.2, 0.25) is 5.91 Å². The number of carbonyl (C=O) groups excluding carboxylic acids is 1. The highest BCUT2D eigenvalue weighted by Crippen LogP contribution is 2.22. The van der Waals surface area contributed by atoms with Crippen molar-refractivity contribution in [1.82, 2.24) is 5.32 Å². The molecule has 1 fully saturated rings. The molecular formula is C7H12NOS. The number of amides is 1. The van der Waals surface area contributed by atoms with Gasteiger partial charge in [-0.3, -0.25) is 4.79 Å². The molecule has 0 aliphatic carbocycles. The van der Waals surface area contributed by atoms with Gasteiger partial charge in [-0.05, 0) is 24.3 Å². The standard InChI is InChI=1S/C7H12NOS/c1-8-7(9)6-2-4-10-5-3-6/h6H,1-5H2,(H,8,9). The molecule has 1 amide bonds. The summed E-state index contributed by atoms with van der Waals surface area (Å²) in [7, 11) is 3.35. The van der Waals surface area contributed by atoms with Gasteiger partial charge in [0.15, 0.2) is 0 Å². The average molecular weight is 158 g/mol. The monoisotopic (exact) mass is 158 g/mol. The zero-order valence-corrected chi connectivity index (χ0v) is 6.75. The van der Waals surface area contributed by atoms with Gasteiger partial charge in [-0.15, -0.1) is 0 Å². The van der Waals surface area contributed by atoms with E-state index in [9.17, 15) is 4.79 Å². The average Bonchev–Trinajstić information content (AvgIpc) is 2.05. The minimum Gasteiger partial charge on any atom is -0.354 e. The van der Waals surface area contributed by atoms with E-state index in [1.807, 2.05) is 11.8 Å². The van der Waals surface area contributed by atoms with E-state index < -0.39 is 0 Å². The lowest BCUT2D eigenvalue weighted by Gasteiger charge is -2.18. The number of hydrogen-bond acceptors (Lipinski definition) is 2. The van der Waals surface area contributed by atoms with Gasteiger partial charge in [-0.25, -0.2) is 0 Å². The second kappa shape index (κ2) is 3.86. The van der Waals surface area contributed by atoms with E-state index in [0.29, 0.717) is 0 Å². The first-order valence-electron chi connectivity index (χ1n) is 3.49. The van der Waals surface area contributed by atoms with Gasteiger partial charge in [0.1, 0.15) is 0 Å². The summed E-state index contributed by atoms with van der Waals surface area (Å²) in [5.41, 5.74) is 0. The zero-order valence-electron chi connectivity index (χ0n) is 5.93. The summed E-state index contributed by atoms with van der Waals surface area (Å²) in [5.74, 6) is 2.59. The molecule has 1 aliphatic heterocycles. The highest BCUT2D eigenvalue weighted by atomic mass is 32.2. The highest BCUT2D eigenvalue weighted by molar-refractivity contribution is 7.99. The molecule has 0 aromatic rings. The quantitative estimate of drug-likeness (QED) is 0.617. The van der Waals surface area contributed by atoms with Crippen LogP contribution in [0.3, 0.4) is 0 Å². The molecule has 1 heterocycles. The van der Waals surface area contributed by atoms with Crippen LogP contribution in [0.2, 0.25) is 0 Å². The fourth-order valence-electron chi connectivity index (χ4n) is 1.10. The number of nitrogens with one attached hydrogen (secondary N) is 1. The van der Waals surface area contributed by atoms with Crippen molar-refractivity contribution < 1.29 is 4.79 Å². The summed E-state index contributed by atoms with van der Waals surface area (Å²) in [4.78, 5) is 11.0. The van der Waals surface area contributed by atoms with Crippen LogP contribution in [0, 0.1) is 13.0 Å². The molecule has 0 saturated carbocycles. The summed E-state index contributed by atoms with van der Waals surface area (Å²) >= 11 is 1.93. The third-order valence-electron chi connectivity index (χ3n) is 1.77. The van der Waals surface area contributed by atoms with Crippen LogP contribution in [-0.4, -0.2) is 17.4 Å². The van der Waals surface area contributed by atoms with Crippen molar-refractivity contribution in [3.05, 3.63) is 7.05 Å². The molecule has 0 atom stereocenters. The van der Waals surface area contributed by atoms with Crippen molar-refractivity contribution in [2.24, 2.45) is 5.92 Å². The van der Waals surface area contributed by atoms with Crippen LogP contribution >= 0.6 is 11.8 Å². The Bertz CT molecular complexity index is 121. The Morgan fingerprint density at radius 1 is 1.50 bits per heavy atom. The third kappa shape index (κ3) is 1.90. The van der Waals surface area contributed by atoms with E-state index >= 15 is 0 Å². The smallest absolute Gasteiger partial charge is 0.223 e. The summed E-state index contributed by atoms with van der Waals surface area (Å²) in [5, 5.41) is 2.44. The van der Waals surface area contributed by atoms with Crippen LogP contribution in [0.1, 0.15) is 12.8 Å². The van der Waals surface area contributed by atoms with E-state index in [1.54, 1.807) is 0 Å². The first kappa shape index (κ1) is 7.92. The van der Waals surface area contributed by atoms with Gasteiger partial charge >= 0.3 is 0 Å². The van der Waals surface area contributed by atoms with Gasteiger partial charge in [0, 0.05) is 13.0 Å². The Hall–Kier alpha value is -0.180. The maximum Gasteiger partial charge on any atom is 0.223 e. The van der Waals surface area contributed by atoms with E-state index in [4.69, 9.17) is 0 Å². The Morgan fingerprint density at radius 2 is 2.10 bits per heavy atom. The van der Waals surface area contributed by atoms with Gasteiger partial charge in [-0.1, -0.05) is 0 Å². The fourth-order valence-corrected chi connectivity index (χ4v) is 2.21. The fraction of sp³-hybridized carbons (Fsp3) is 0.714. The third-order valence-corrected chi connectivity index (χ3v) is 2.82. The summed E-state index contributed by atoms with van der Waals surface area (Å²) in [6.45, 7) is 0. The molecule has 0 spiro atoms. The molecule has 0 aromatic heterocycles. The maximum atomic E-state index is 11.0. The molecule has 10 heavy (non-hydrogen) atoms. The van der Waals surface area contributed by atoms with Crippen molar-refractivity contribution in [2.45, 2.75) is 12.8 Å². The lowest BCUT2D eigenvalue weighted by molar-refractivity contribution is -0.124. The summed E-state index contributed by atoms with van der Waals surface area (Å²) in [6.07, 6.45) is 2.04. The van der Waals surface area contributed by atoms with E-state index in [1.165, 1.54) is 0 Å². The molecule has 1 rings (SSSR count). The molecule has 57 valence electrons. The lowest BCUT2D eigenvalue weighted by Crippen LogP contribution is -2.28. The molecule has 3 heteroatoms. The predicted octanol–water partition coefficient (Wildman–Crippen LogP) is 1.04. The Balaban J connectivity index is 2.31. The SMILES string of the molecule is [CH2]NC(=O)C1CCSCC1. The van der Waals surface area contributed by atoms with Crippen molar-refractivity contribution in [3.8, 4) is 0 Å². The van der Waals surface area contributed by atoms with Crippen LogP contribution in [0.4, 0.5) is 0 Å². The van der Waals surface area contributed by atoms with Crippen molar-refractivity contribution in [2.75, 3.05) is 11.5 Å². The van der Waals surface area contributed by atoms with Crippen LogP contribution in [0.15, 0.2) is 0 Å². The minimum absolute atomic E-state index is 0.111. The summed E-state index contributed by atoms with van der Waals surface area (Å²) < 4.78 is 0. The topological polar surface area (TPSA) is 29.1 Å². The van der Waals surface area contributed by atoms with Crippen molar-refractivity contribution in [1.29, 1.82) is 0 Å². The van der Waals surface area contributed by atoms with Gasteiger partial charge < -0.3 is 5.32 Å². The Kier molecular flexibility index (Phi) is 3.06. The number of carbonyl (C=O) groups is 1. The van der Waals surface area contributed by atoms with E-state index in [-0.39, 0.29) is 11.8 Å². The molecule has 0 aromatic carbocycles. The first-order chi connectivity index (χ1) is 4.84. The molecule has 1 saturated heterocycles. The molecule has 2 nitrogen and oxygen atoms in total. The molecule has 0 bridgehead atoms. The predicted molar refractivity (Wildman–Crippen MR) is 43.5 cm³/mol. The van der Waals surface area contributed by atoms with Crippen LogP contribution in [0.5, 0.6) is 0 Å². The number of rotatable bonds is 1. The van der Waals surface area contributed by atoms with Gasteiger partial charge in [-0.2, -0.15) is 11.8 Å². The van der Waals surface area contributed by atoms with Crippen LogP contribution in [-0.2, 0) is 4.79 Å². The van der Waals surface area contributed by atoms with Crippen LogP contribution in [0.25, 0.3) is 0 Å². The normalized spacial score (nSPS) is 20.5. The highest BCUT2D eigenvalue weighted by Gasteiger charge is 2.19. The molecular weight excluding hydrogens is 146 g/mol. The largest absolute Gasteiger partial charge is 0.354 e. The second-order valence-electron chi connectivity index (χ2n) is 2.43. The van der Waals surface area contributed by atoms with E-state index in [0.717, 1.165) is 24.3 Å². The molecule has 1 aliphatic rings. The minimum atomic E-state index is 0.111. The lowest BCUT2D eigenvalue weighted by atomic mass is 10.0. The number of thioether (sulfide) groups is 1. The first-order valence-corrected chi connectivity index (χ1v) is 4.64. The molecule has 1 N–H and O–H groups in total. The summed E-state index contributed by atoms with van der Waals surface area (Å²) in [6, 6.07) is 0. The van der Waals surface area contributed by atoms with Crippen molar-refractivity contribution >= 4 is 17.7 Å². The molecule has 1 radical (unpaired) electrons. The van der Waals surface area contributed by atoms with E-state index in [2.05, 4.69) is 12.4 Å². The Morgan fingerprint density at radius 3 is 2.60 bits per heavy atom. The zero-order chi connectivity index (χ0) is 7.40. The number of hydrogen-bond donors (Lipinski definition) is 1. The van der Waals surface area contributed by atoms with Crippen LogP contribution < -0.4 is 5.32 Å². The second-order valence-corrected chi connectivity index (χ2v) is 3.65. The molecule has 0 unspecified atom stereocenters. The van der Waals surface area contributed by atoms with Crippen molar-refractivity contribution in [3.63, 3.8) is 0 Å². The van der Waals surface area contributed by atoms with Gasteiger partial charge in [0.25, 0.3) is 0 Å².